The van der Waals surface area contributed by atoms with Crippen LogP contribution in [0.4, 0.5) is 0 Å². The van der Waals surface area contributed by atoms with Crippen molar-refractivity contribution < 1.29 is 22.7 Å². The summed E-state index contributed by atoms with van der Waals surface area (Å²) >= 11 is 6.18. The summed E-state index contributed by atoms with van der Waals surface area (Å²) in [4.78, 5) is 13.0. The Morgan fingerprint density at radius 1 is 1.00 bits per heavy atom. The molecule has 0 aliphatic rings. The van der Waals surface area contributed by atoms with Gasteiger partial charge in [-0.1, -0.05) is 54.1 Å². The molecule has 3 rings (SSSR count). The van der Waals surface area contributed by atoms with Crippen molar-refractivity contribution in [1.82, 2.24) is 10.0 Å². The number of sulfonamides is 1. The van der Waals surface area contributed by atoms with Crippen molar-refractivity contribution in [3.63, 3.8) is 0 Å². The number of methoxy groups -OCH3 is 1. The first-order valence-electron chi connectivity index (χ1n) is 10.7. The molecule has 0 saturated carbocycles. The van der Waals surface area contributed by atoms with Crippen molar-refractivity contribution >= 4 is 27.5 Å². The van der Waals surface area contributed by atoms with Crippen LogP contribution in [0.5, 0.6) is 11.5 Å². The van der Waals surface area contributed by atoms with E-state index < -0.39 is 22.0 Å². The van der Waals surface area contributed by atoms with Crippen LogP contribution >= 0.6 is 11.6 Å². The van der Waals surface area contributed by atoms with E-state index in [1.54, 1.807) is 26.2 Å². The highest BCUT2D eigenvalue weighted by Crippen LogP contribution is 2.27. The van der Waals surface area contributed by atoms with Crippen molar-refractivity contribution in [3.05, 3.63) is 88.9 Å². The smallest absolute Gasteiger partial charge is 0.241 e. The van der Waals surface area contributed by atoms with Crippen LogP contribution in [0.15, 0.2) is 77.7 Å². The minimum Gasteiger partial charge on any atom is -0.497 e. The fourth-order valence-electron chi connectivity index (χ4n) is 3.27. The van der Waals surface area contributed by atoms with Crippen LogP contribution in [0.2, 0.25) is 5.02 Å². The van der Waals surface area contributed by atoms with Gasteiger partial charge in [-0.05, 0) is 54.8 Å². The van der Waals surface area contributed by atoms with E-state index in [-0.39, 0.29) is 22.9 Å². The second kappa shape index (κ2) is 11.9. The van der Waals surface area contributed by atoms with Gasteiger partial charge in [0.2, 0.25) is 15.9 Å². The van der Waals surface area contributed by atoms with Gasteiger partial charge in [-0.15, -0.1) is 0 Å². The van der Waals surface area contributed by atoms with E-state index in [9.17, 15) is 13.2 Å². The Labute approximate surface area is 205 Å². The molecule has 1 atom stereocenters. The standard InChI is InChI=1S/C25H27ClN2O5S/c1-3-33-24-14-13-21(16-22(24)26)34(30,31)28-23(15-18-7-5-4-6-8-18)25(29)27-17-19-9-11-20(32-2)12-10-19/h4-14,16,23,28H,3,15,17H2,1-2H3,(H,27,29)/t23-/m0/s1. The molecule has 0 heterocycles. The van der Waals surface area contributed by atoms with E-state index >= 15 is 0 Å². The maximum Gasteiger partial charge on any atom is 0.241 e. The summed E-state index contributed by atoms with van der Waals surface area (Å²) in [5, 5.41) is 2.99. The van der Waals surface area contributed by atoms with Crippen molar-refractivity contribution in [1.29, 1.82) is 0 Å². The normalized spacial score (nSPS) is 12.1. The van der Waals surface area contributed by atoms with Gasteiger partial charge in [0.15, 0.2) is 0 Å². The number of benzene rings is 3. The monoisotopic (exact) mass is 502 g/mol. The summed E-state index contributed by atoms with van der Waals surface area (Å²) in [5.41, 5.74) is 1.67. The van der Waals surface area contributed by atoms with Gasteiger partial charge in [0.1, 0.15) is 17.5 Å². The molecule has 0 aromatic heterocycles. The second-order valence-electron chi connectivity index (χ2n) is 7.45. The first-order valence-corrected chi connectivity index (χ1v) is 12.6. The van der Waals surface area contributed by atoms with Crippen molar-refractivity contribution in [2.24, 2.45) is 0 Å². The second-order valence-corrected chi connectivity index (χ2v) is 9.58. The predicted molar refractivity (Wildman–Crippen MR) is 132 cm³/mol. The molecule has 2 N–H and O–H groups in total. The quantitative estimate of drug-likeness (QED) is 0.414. The van der Waals surface area contributed by atoms with Crippen molar-refractivity contribution in [2.45, 2.75) is 30.8 Å². The van der Waals surface area contributed by atoms with E-state index in [0.29, 0.717) is 18.1 Å². The summed E-state index contributed by atoms with van der Waals surface area (Å²) < 4.78 is 39.2. The third-order valence-electron chi connectivity index (χ3n) is 5.04. The topological polar surface area (TPSA) is 93.7 Å². The lowest BCUT2D eigenvalue weighted by Crippen LogP contribution is -2.47. The molecule has 0 aliphatic heterocycles. The first kappa shape index (κ1) is 25.6. The van der Waals surface area contributed by atoms with Crippen LogP contribution in [-0.2, 0) is 27.8 Å². The molecule has 0 spiro atoms. The molecule has 1 amide bonds. The van der Waals surface area contributed by atoms with Gasteiger partial charge in [0, 0.05) is 6.54 Å². The molecular weight excluding hydrogens is 476 g/mol. The van der Waals surface area contributed by atoms with Crippen LogP contribution in [0, 0.1) is 0 Å². The number of hydrogen-bond donors (Lipinski definition) is 2. The Morgan fingerprint density at radius 3 is 2.32 bits per heavy atom. The Kier molecular flexibility index (Phi) is 8.92. The van der Waals surface area contributed by atoms with E-state index in [0.717, 1.165) is 11.1 Å². The van der Waals surface area contributed by atoms with Gasteiger partial charge < -0.3 is 14.8 Å². The summed E-state index contributed by atoms with van der Waals surface area (Å²) in [5.74, 6) is 0.653. The number of carbonyl (C=O) groups excluding carboxylic acids is 1. The lowest BCUT2D eigenvalue weighted by atomic mass is 10.1. The summed E-state index contributed by atoms with van der Waals surface area (Å²) in [6.07, 6.45) is 0.180. The van der Waals surface area contributed by atoms with E-state index in [1.807, 2.05) is 42.5 Å². The average molecular weight is 503 g/mol. The largest absolute Gasteiger partial charge is 0.497 e. The number of ether oxygens (including phenoxy) is 2. The Balaban J connectivity index is 1.78. The maximum atomic E-state index is 13.1. The van der Waals surface area contributed by atoms with Crippen molar-refractivity contribution in [3.8, 4) is 11.5 Å². The van der Waals surface area contributed by atoms with E-state index in [2.05, 4.69) is 10.0 Å². The maximum absolute atomic E-state index is 13.1. The van der Waals surface area contributed by atoms with Crippen LogP contribution in [0.1, 0.15) is 18.1 Å². The molecule has 3 aromatic carbocycles. The fraction of sp³-hybridized carbons (Fsp3) is 0.240. The zero-order valence-corrected chi connectivity index (χ0v) is 20.5. The van der Waals surface area contributed by atoms with E-state index in [1.165, 1.54) is 18.2 Å². The highest BCUT2D eigenvalue weighted by Gasteiger charge is 2.26. The van der Waals surface area contributed by atoms with Crippen LogP contribution in [0.25, 0.3) is 0 Å². The summed E-state index contributed by atoms with van der Waals surface area (Å²) in [6.45, 7) is 2.45. The number of nitrogens with one attached hydrogen (secondary N) is 2. The third-order valence-corrected chi connectivity index (χ3v) is 6.80. The number of carbonyl (C=O) groups is 1. The SMILES string of the molecule is CCOc1ccc(S(=O)(=O)N[C@@H](Cc2ccccc2)C(=O)NCc2ccc(OC)cc2)cc1Cl. The highest BCUT2D eigenvalue weighted by atomic mass is 35.5. The van der Waals surface area contributed by atoms with Crippen molar-refractivity contribution in [2.75, 3.05) is 13.7 Å². The molecule has 180 valence electrons. The third kappa shape index (κ3) is 6.96. The van der Waals surface area contributed by atoms with Gasteiger partial charge in [-0.3, -0.25) is 4.79 Å². The van der Waals surface area contributed by atoms with Crippen LogP contribution in [0.3, 0.4) is 0 Å². The molecular formula is C25H27ClN2O5S. The highest BCUT2D eigenvalue weighted by molar-refractivity contribution is 7.89. The van der Waals surface area contributed by atoms with Gasteiger partial charge in [-0.2, -0.15) is 4.72 Å². The molecule has 7 nitrogen and oxygen atoms in total. The molecule has 0 bridgehead atoms. The Hall–Kier alpha value is -3.07. The van der Waals surface area contributed by atoms with Gasteiger partial charge >= 0.3 is 0 Å². The molecule has 0 radical (unpaired) electrons. The number of hydrogen-bond acceptors (Lipinski definition) is 5. The lowest BCUT2D eigenvalue weighted by Gasteiger charge is -2.19. The van der Waals surface area contributed by atoms with Crippen LogP contribution in [-0.4, -0.2) is 34.1 Å². The minimum absolute atomic E-state index is 0.0537. The fourth-order valence-corrected chi connectivity index (χ4v) is 4.79. The van der Waals surface area contributed by atoms with Gasteiger partial charge in [-0.25, -0.2) is 8.42 Å². The lowest BCUT2D eigenvalue weighted by molar-refractivity contribution is -0.122. The average Bonchev–Trinajstić information content (AvgIpc) is 2.84. The zero-order valence-electron chi connectivity index (χ0n) is 19.0. The van der Waals surface area contributed by atoms with Crippen LogP contribution < -0.4 is 19.5 Å². The zero-order chi connectivity index (χ0) is 24.6. The number of halogens is 1. The first-order chi connectivity index (χ1) is 16.3. The number of amides is 1. The van der Waals surface area contributed by atoms with E-state index in [4.69, 9.17) is 21.1 Å². The number of rotatable bonds is 11. The molecule has 0 aliphatic carbocycles. The summed E-state index contributed by atoms with van der Waals surface area (Å²) in [7, 11) is -2.46. The Bertz CT molecular complexity index is 1200. The Morgan fingerprint density at radius 2 is 1.71 bits per heavy atom. The van der Waals surface area contributed by atoms with Gasteiger partial charge in [0.05, 0.1) is 23.6 Å². The molecule has 9 heteroatoms. The minimum atomic E-state index is -4.04. The molecule has 34 heavy (non-hydrogen) atoms. The predicted octanol–water partition coefficient (Wildman–Crippen LogP) is 3.95. The molecule has 3 aromatic rings. The molecule has 0 unspecified atom stereocenters. The molecule has 0 saturated heterocycles. The molecule has 0 fully saturated rings. The summed E-state index contributed by atoms with van der Waals surface area (Å²) in [6, 6.07) is 19.6. The van der Waals surface area contributed by atoms with Gasteiger partial charge in [0.25, 0.3) is 0 Å².